The summed E-state index contributed by atoms with van der Waals surface area (Å²) in [6, 6.07) is 14.2. The molecule has 4 aromatic rings. The molecule has 0 radical (unpaired) electrons. The topological polar surface area (TPSA) is 226 Å². The smallest absolute Gasteiger partial charge is 0.202 e. The SMILES string of the molecule is CN1CCC(=C2c3ccccc3CC(=O)c3sccc32)CC1.COc1cccc2c1C(=O)c1c(O)c3c(c(O)c1C2=O)C[C@@](O)(C(=O)CO)C[C@@H]3O[C@H]1C[C@H](N)[C@H](O)[C@H](C)O1. The molecule has 14 nitrogen and oxygen atoms in total. The molecule has 6 atom stereocenters. The predicted octanol–water partition coefficient (Wildman–Crippen LogP) is 4.02. The van der Waals surface area contributed by atoms with Crippen molar-refractivity contribution in [1.82, 2.24) is 4.90 Å². The van der Waals surface area contributed by atoms with Crippen molar-refractivity contribution in [1.29, 1.82) is 0 Å². The van der Waals surface area contributed by atoms with Crippen LogP contribution in [0.15, 0.2) is 59.5 Å². The average molecular weight is 853 g/mol. The lowest BCUT2D eigenvalue weighted by atomic mass is 9.72. The second kappa shape index (κ2) is 16.6. The molecule has 320 valence electrons. The largest absolute Gasteiger partial charge is 0.507 e. The number of piperidine rings is 1. The van der Waals surface area contributed by atoms with E-state index in [-0.39, 0.29) is 40.2 Å². The summed E-state index contributed by atoms with van der Waals surface area (Å²) in [4.78, 5) is 55.7. The Morgan fingerprint density at radius 3 is 2.38 bits per heavy atom. The van der Waals surface area contributed by atoms with E-state index < -0.39 is 95.7 Å². The number of aliphatic hydroxyl groups excluding tert-OH is 2. The van der Waals surface area contributed by atoms with Crippen molar-refractivity contribution in [2.24, 2.45) is 5.73 Å². The Bertz CT molecular complexity index is 2470. The Labute approximate surface area is 355 Å². The fraction of sp³-hybridized carbons (Fsp3) is 0.391. The van der Waals surface area contributed by atoms with Crippen LogP contribution in [-0.2, 0) is 27.1 Å². The van der Waals surface area contributed by atoms with E-state index in [1.165, 1.54) is 53.1 Å². The summed E-state index contributed by atoms with van der Waals surface area (Å²) < 4.78 is 17.0. The molecule has 61 heavy (non-hydrogen) atoms. The number of rotatable bonds is 5. The van der Waals surface area contributed by atoms with Gasteiger partial charge in [-0.05, 0) is 61.0 Å². The number of carbonyl (C=O) groups excluding carboxylic acids is 4. The van der Waals surface area contributed by atoms with Gasteiger partial charge in [0.2, 0.25) is 5.78 Å². The number of nitrogens with two attached hydrogens (primary N) is 1. The summed E-state index contributed by atoms with van der Waals surface area (Å²) >= 11 is 1.59. The van der Waals surface area contributed by atoms with Crippen molar-refractivity contribution in [3.63, 3.8) is 0 Å². The molecule has 0 unspecified atom stereocenters. The van der Waals surface area contributed by atoms with Crippen LogP contribution in [0.25, 0.3) is 5.57 Å². The van der Waals surface area contributed by atoms with Crippen molar-refractivity contribution in [3.05, 3.63) is 114 Å². The molecule has 1 aromatic heterocycles. The number of thiophene rings is 1. The quantitative estimate of drug-likeness (QED) is 0.138. The van der Waals surface area contributed by atoms with Gasteiger partial charge in [-0.15, -0.1) is 11.3 Å². The van der Waals surface area contributed by atoms with Gasteiger partial charge in [-0.2, -0.15) is 0 Å². The summed E-state index contributed by atoms with van der Waals surface area (Å²) in [6.45, 7) is 2.77. The number of nitrogens with zero attached hydrogens (tertiary/aromatic N) is 1. The van der Waals surface area contributed by atoms with Crippen LogP contribution in [0, 0.1) is 0 Å². The molecule has 2 aliphatic heterocycles. The lowest BCUT2D eigenvalue weighted by Crippen LogP contribution is -2.53. The molecule has 2 saturated heterocycles. The molecular weight excluding hydrogens is 805 g/mol. The number of Topliss-reactive ketones (excluding diaryl/α,β-unsaturated/α-hetero) is 2. The molecule has 7 N–H and O–H groups in total. The van der Waals surface area contributed by atoms with E-state index in [4.69, 9.17) is 19.9 Å². The second-order valence-corrected chi connectivity index (χ2v) is 17.3. The highest BCUT2D eigenvalue weighted by Crippen LogP contribution is 2.52. The molecule has 3 aromatic carbocycles. The summed E-state index contributed by atoms with van der Waals surface area (Å²) in [5.41, 5.74) is 8.84. The van der Waals surface area contributed by atoms with Gasteiger partial charge >= 0.3 is 0 Å². The number of hydrogen-bond donors (Lipinski definition) is 6. The van der Waals surface area contributed by atoms with Gasteiger partial charge in [0.05, 0.1) is 47.0 Å². The molecule has 0 spiro atoms. The fourth-order valence-electron chi connectivity index (χ4n) is 9.31. The maximum atomic E-state index is 13.6. The molecule has 3 heterocycles. The summed E-state index contributed by atoms with van der Waals surface area (Å²) in [5.74, 6) is -3.51. The van der Waals surface area contributed by atoms with E-state index in [1.54, 1.807) is 18.3 Å². The lowest BCUT2D eigenvalue weighted by Gasteiger charge is -2.42. The third kappa shape index (κ3) is 7.42. The van der Waals surface area contributed by atoms with Crippen molar-refractivity contribution in [2.75, 3.05) is 33.9 Å². The van der Waals surface area contributed by atoms with Gasteiger partial charge in [-0.3, -0.25) is 19.2 Å². The molecule has 0 amide bonds. The maximum Gasteiger partial charge on any atom is 0.202 e. The van der Waals surface area contributed by atoms with Crippen LogP contribution in [0.4, 0.5) is 0 Å². The van der Waals surface area contributed by atoms with E-state index in [2.05, 4.69) is 41.6 Å². The molecule has 15 heteroatoms. The number of likely N-dealkylation sites (tertiary alicyclic amines) is 1. The predicted molar refractivity (Wildman–Crippen MR) is 223 cm³/mol. The van der Waals surface area contributed by atoms with Gasteiger partial charge in [-0.1, -0.05) is 42.0 Å². The summed E-state index contributed by atoms with van der Waals surface area (Å²) in [7, 11) is 3.50. The van der Waals surface area contributed by atoms with Gasteiger partial charge in [0.1, 0.15) is 29.5 Å². The minimum Gasteiger partial charge on any atom is -0.507 e. The van der Waals surface area contributed by atoms with Gasteiger partial charge in [0, 0.05) is 67.1 Å². The third-order valence-electron chi connectivity index (χ3n) is 12.6. The minimum atomic E-state index is -2.24. The normalized spacial score (nSPS) is 25.9. The molecule has 5 aliphatic rings. The number of hydrogen-bond acceptors (Lipinski definition) is 15. The number of ether oxygens (including phenoxy) is 3. The van der Waals surface area contributed by atoms with Gasteiger partial charge in [0.25, 0.3) is 0 Å². The summed E-state index contributed by atoms with van der Waals surface area (Å²) in [5, 5.41) is 55.8. The van der Waals surface area contributed by atoms with Crippen LogP contribution in [-0.4, -0.2) is 118 Å². The third-order valence-corrected chi connectivity index (χ3v) is 13.5. The Morgan fingerprint density at radius 1 is 0.967 bits per heavy atom. The van der Waals surface area contributed by atoms with Crippen molar-refractivity contribution < 1.29 is 58.9 Å². The molecule has 0 saturated carbocycles. The van der Waals surface area contributed by atoms with Crippen LogP contribution >= 0.6 is 11.3 Å². The maximum absolute atomic E-state index is 13.6. The van der Waals surface area contributed by atoms with Gasteiger partial charge < -0.3 is 50.4 Å². The fourth-order valence-corrected chi connectivity index (χ4v) is 10.1. The minimum absolute atomic E-state index is 0.0173. The first-order chi connectivity index (χ1) is 29.2. The Hall–Kier alpha value is -5.10. The number of fused-ring (bicyclic) bond motifs is 5. The highest BCUT2D eigenvalue weighted by atomic mass is 32.1. The number of benzene rings is 3. The molecule has 2 fully saturated rings. The van der Waals surface area contributed by atoms with E-state index in [1.807, 2.05) is 6.07 Å². The standard InChI is InChI=1S/C27H29NO11.C19H19NOS/c1-10-22(31)13(28)6-17(38-10)39-15-8-27(36,16(30)9-29)7-12-19(15)26(35)21-20(24(12)33)23(32)11-4-3-5-14(37-2)18(11)25(21)34;1-20-9-6-13(7-10-20)18-15-5-3-2-4-14(15)12-17(21)19-16(18)8-11-22-19/h3-5,10,13,15,17,22,29,31,33,35-36H,6-9,28H2,1-2H3;2-5,8,11H,6-7,9-10,12H2,1H3/t10-,13-,15-,17-,22+,27-;/m0./s1. The first-order valence-corrected chi connectivity index (χ1v) is 21.1. The Kier molecular flexibility index (Phi) is 11.6. The number of carbonyl (C=O) groups is 4. The average Bonchev–Trinajstić information content (AvgIpc) is 3.69. The van der Waals surface area contributed by atoms with E-state index >= 15 is 0 Å². The van der Waals surface area contributed by atoms with E-state index in [9.17, 15) is 44.7 Å². The van der Waals surface area contributed by atoms with Crippen molar-refractivity contribution in [3.8, 4) is 17.2 Å². The molecular formula is C46H48N2O12S. The van der Waals surface area contributed by atoms with E-state index in [0.29, 0.717) is 6.42 Å². The highest BCUT2D eigenvalue weighted by molar-refractivity contribution is 7.12. The Balaban J connectivity index is 0.000000196. The van der Waals surface area contributed by atoms with Crippen molar-refractivity contribution >= 4 is 40.0 Å². The monoisotopic (exact) mass is 852 g/mol. The Morgan fingerprint density at radius 2 is 1.67 bits per heavy atom. The number of aliphatic hydroxyl groups is 3. The first kappa shape index (κ1) is 42.6. The number of phenols is 2. The zero-order valence-electron chi connectivity index (χ0n) is 34.0. The molecule has 0 bridgehead atoms. The number of methoxy groups -OCH3 is 1. The highest BCUT2D eigenvalue weighted by Gasteiger charge is 2.50. The number of aromatic hydroxyl groups is 2. The first-order valence-electron chi connectivity index (χ1n) is 20.2. The molecule has 9 rings (SSSR count). The van der Waals surface area contributed by atoms with Crippen LogP contribution in [0.3, 0.4) is 0 Å². The summed E-state index contributed by atoms with van der Waals surface area (Å²) in [6.07, 6.45) is -2.39. The van der Waals surface area contributed by atoms with Crippen LogP contribution in [0.5, 0.6) is 17.2 Å². The van der Waals surface area contributed by atoms with Gasteiger partial charge in [0.15, 0.2) is 23.6 Å². The zero-order valence-corrected chi connectivity index (χ0v) is 34.8. The van der Waals surface area contributed by atoms with Crippen LogP contribution in [0.2, 0.25) is 0 Å². The van der Waals surface area contributed by atoms with Crippen LogP contribution in [0.1, 0.15) is 108 Å². The number of ketones is 4. The van der Waals surface area contributed by atoms with E-state index in [0.717, 1.165) is 30.8 Å². The van der Waals surface area contributed by atoms with Crippen LogP contribution < -0.4 is 10.5 Å². The zero-order chi connectivity index (χ0) is 43.5. The van der Waals surface area contributed by atoms with Crippen molar-refractivity contribution in [2.45, 2.75) is 81.7 Å². The molecule has 3 aliphatic carbocycles. The number of phenolic OH excluding ortho intramolecular Hbond substituents is 2. The van der Waals surface area contributed by atoms with Gasteiger partial charge in [-0.25, -0.2) is 0 Å². The lowest BCUT2D eigenvalue weighted by molar-refractivity contribution is -0.247. The second-order valence-electron chi connectivity index (χ2n) is 16.4.